The molecule has 0 saturated heterocycles. The fourth-order valence-corrected chi connectivity index (χ4v) is 2.60. The van der Waals surface area contributed by atoms with E-state index in [-0.39, 0.29) is 11.9 Å². The summed E-state index contributed by atoms with van der Waals surface area (Å²) in [5.41, 5.74) is 0. The van der Waals surface area contributed by atoms with Gasteiger partial charge in [-0.15, -0.1) is 0 Å². The van der Waals surface area contributed by atoms with Crippen molar-refractivity contribution in [2.24, 2.45) is 0 Å². The predicted octanol–water partition coefficient (Wildman–Crippen LogP) is 2.31. The molecular formula is C12H22O4S2. The summed E-state index contributed by atoms with van der Waals surface area (Å²) < 4.78 is 10.3. The molecule has 3 unspecified atom stereocenters. The van der Waals surface area contributed by atoms with Crippen molar-refractivity contribution >= 4 is 36.3 Å². The molecule has 106 valence electrons. The van der Waals surface area contributed by atoms with Gasteiger partial charge in [-0.25, -0.2) is 0 Å². The summed E-state index contributed by atoms with van der Waals surface area (Å²) in [5.74, 6) is 0.175. The van der Waals surface area contributed by atoms with Crippen LogP contribution in [0.5, 0.6) is 0 Å². The zero-order chi connectivity index (χ0) is 14.1. The Bertz CT molecular complexity index is 271. The Morgan fingerprint density at radius 1 is 1.17 bits per heavy atom. The van der Waals surface area contributed by atoms with Crippen LogP contribution in [0.3, 0.4) is 0 Å². The number of carbonyl (C=O) groups excluding carboxylic acids is 2. The highest BCUT2D eigenvalue weighted by Crippen LogP contribution is 2.19. The molecule has 0 radical (unpaired) electrons. The lowest BCUT2D eigenvalue weighted by Gasteiger charge is -2.25. The van der Waals surface area contributed by atoms with Crippen molar-refractivity contribution in [1.29, 1.82) is 0 Å². The van der Waals surface area contributed by atoms with Gasteiger partial charge in [-0.1, -0.05) is 13.8 Å². The second-order valence-corrected chi connectivity index (χ2v) is 5.87. The lowest BCUT2D eigenvalue weighted by Crippen LogP contribution is -2.38. The molecule has 0 N–H and O–H groups in total. The average molecular weight is 294 g/mol. The first kappa shape index (κ1) is 17.6. The molecule has 0 fully saturated rings. The van der Waals surface area contributed by atoms with E-state index in [4.69, 9.17) is 9.47 Å². The largest absolute Gasteiger partial charge is 0.458 e. The molecule has 0 aliphatic carbocycles. The fourth-order valence-electron chi connectivity index (χ4n) is 1.25. The van der Waals surface area contributed by atoms with Gasteiger partial charge in [0, 0.05) is 30.6 Å². The second-order valence-electron chi connectivity index (χ2n) is 4.03. The van der Waals surface area contributed by atoms with E-state index in [2.05, 4.69) is 26.5 Å². The third kappa shape index (κ3) is 7.87. The molecule has 0 aromatic carbocycles. The van der Waals surface area contributed by atoms with Crippen LogP contribution in [0.25, 0.3) is 0 Å². The smallest absolute Gasteiger partial charge is 0.303 e. The minimum Gasteiger partial charge on any atom is -0.458 e. The van der Waals surface area contributed by atoms with E-state index in [1.54, 1.807) is 11.8 Å². The number of hydrogen-bond acceptors (Lipinski definition) is 6. The highest BCUT2D eigenvalue weighted by atomic mass is 32.2. The molecule has 0 bridgehead atoms. The van der Waals surface area contributed by atoms with Crippen LogP contribution in [0, 0.1) is 0 Å². The van der Waals surface area contributed by atoms with Crippen molar-refractivity contribution in [1.82, 2.24) is 0 Å². The van der Waals surface area contributed by atoms with Gasteiger partial charge in [0.15, 0.2) is 0 Å². The van der Waals surface area contributed by atoms with Crippen molar-refractivity contribution in [2.75, 3.05) is 11.5 Å². The quantitative estimate of drug-likeness (QED) is 0.550. The Morgan fingerprint density at radius 2 is 1.67 bits per heavy atom. The Balaban J connectivity index is 4.51. The highest BCUT2D eigenvalue weighted by molar-refractivity contribution is 7.99. The summed E-state index contributed by atoms with van der Waals surface area (Å²) in [7, 11) is 0. The first-order chi connectivity index (χ1) is 8.40. The van der Waals surface area contributed by atoms with Crippen molar-refractivity contribution in [3.05, 3.63) is 0 Å². The van der Waals surface area contributed by atoms with Gasteiger partial charge in [-0.2, -0.15) is 24.4 Å². The number of thiol groups is 1. The Kier molecular flexibility index (Phi) is 9.36. The zero-order valence-corrected chi connectivity index (χ0v) is 13.1. The normalized spacial score (nSPS) is 15.6. The molecule has 0 rings (SSSR count). The van der Waals surface area contributed by atoms with Gasteiger partial charge in [-0.3, -0.25) is 9.59 Å². The number of ether oxygens (including phenoxy) is 2. The molecule has 0 aliphatic heterocycles. The van der Waals surface area contributed by atoms with Crippen molar-refractivity contribution in [3.63, 3.8) is 0 Å². The van der Waals surface area contributed by atoms with Gasteiger partial charge in [0.05, 0.1) is 0 Å². The maximum Gasteiger partial charge on any atom is 0.303 e. The van der Waals surface area contributed by atoms with Crippen LogP contribution in [0.15, 0.2) is 0 Å². The van der Waals surface area contributed by atoms with E-state index in [0.29, 0.717) is 16.8 Å². The molecule has 0 aromatic rings. The average Bonchev–Trinajstić information content (AvgIpc) is 2.30. The number of thioether (sulfide) groups is 1. The molecule has 0 spiro atoms. The molecule has 0 aliphatic rings. The van der Waals surface area contributed by atoms with E-state index in [0.717, 1.165) is 6.42 Å². The Labute approximate surface area is 119 Å². The maximum atomic E-state index is 11.1. The van der Waals surface area contributed by atoms with Crippen molar-refractivity contribution in [3.8, 4) is 0 Å². The Morgan fingerprint density at radius 3 is 2.06 bits per heavy atom. The van der Waals surface area contributed by atoms with Gasteiger partial charge in [0.2, 0.25) is 0 Å². The van der Waals surface area contributed by atoms with Crippen LogP contribution in [0.4, 0.5) is 0 Å². The van der Waals surface area contributed by atoms with Gasteiger partial charge in [0.25, 0.3) is 0 Å². The second kappa shape index (κ2) is 9.55. The first-order valence-electron chi connectivity index (χ1n) is 5.97. The maximum absolute atomic E-state index is 11.1. The predicted molar refractivity (Wildman–Crippen MR) is 77.2 cm³/mol. The molecule has 0 saturated carbocycles. The van der Waals surface area contributed by atoms with Gasteiger partial charge in [-0.05, 0) is 6.42 Å². The molecule has 3 atom stereocenters. The minimum absolute atomic E-state index is 0.332. The van der Waals surface area contributed by atoms with Crippen LogP contribution in [-0.4, -0.2) is 40.9 Å². The zero-order valence-electron chi connectivity index (χ0n) is 11.3. The summed E-state index contributed by atoms with van der Waals surface area (Å²) in [5, 5.41) is 0.473. The van der Waals surface area contributed by atoms with E-state index in [9.17, 15) is 9.59 Å². The molecule has 18 heavy (non-hydrogen) atoms. The lowest BCUT2D eigenvalue weighted by molar-refractivity contribution is -0.161. The third-order valence-corrected chi connectivity index (χ3v) is 4.13. The first-order valence-corrected chi connectivity index (χ1v) is 7.65. The van der Waals surface area contributed by atoms with Gasteiger partial charge in [0.1, 0.15) is 12.2 Å². The van der Waals surface area contributed by atoms with Crippen LogP contribution in [-0.2, 0) is 19.1 Å². The summed E-state index contributed by atoms with van der Waals surface area (Å²) in [4.78, 5) is 22.1. The van der Waals surface area contributed by atoms with Crippen LogP contribution in [0.1, 0.15) is 34.1 Å². The SMILES string of the molecule is CCC(C)SCC(OC(C)=O)C(CS)OC(C)=O. The highest BCUT2D eigenvalue weighted by Gasteiger charge is 2.26. The monoisotopic (exact) mass is 294 g/mol. The lowest BCUT2D eigenvalue weighted by atomic mass is 10.2. The molecule has 0 aromatic heterocycles. The minimum atomic E-state index is -0.494. The summed E-state index contributed by atoms with van der Waals surface area (Å²) in [6, 6.07) is 0. The Hall–Kier alpha value is -0.360. The van der Waals surface area contributed by atoms with Gasteiger partial charge >= 0.3 is 11.9 Å². The van der Waals surface area contributed by atoms with Crippen molar-refractivity contribution < 1.29 is 19.1 Å². The summed E-state index contributed by atoms with van der Waals surface area (Å²) in [6.45, 7) is 6.89. The molecule has 0 amide bonds. The summed E-state index contributed by atoms with van der Waals surface area (Å²) in [6.07, 6.45) is 0.102. The molecule has 4 nitrogen and oxygen atoms in total. The van der Waals surface area contributed by atoms with Crippen LogP contribution < -0.4 is 0 Å². The summed E-state index contributed by atoms with van der Waals surface area (Å²) >= 11 is 5.84. The standard InChI is InChI=1S/C12H22O4S2/c1-5-8(2)18-7-12(16-10(4)14)11(6-17)15-9(3)13/h8,11-12,17H,5-7H2,1-4H3. The molecule has 0 heterocycles. The van der Waals surface area contributed by atoms with E-state index >= 15 is 0 Å². The van der Waals surface area contributed by atoms with Gasteiger partial charge < -0.3 is 9.47 Å². The molecular weight excluding hydrogens is 272 g/mol. The van der Waals surface area contributed by atoms with E-state index in [1.807, 2.05) is 0 Å². The van der Waals surface area contributed by atoms with E-state index < -0.39 is 12.2 Å². The number of hydrogen-bond donors (Lipinski definition) is 1. The third-order valence-electron chi connectivity index (χ3n) is 2.35. The number of carbonyl (C=O) groups is 2. The fraction of sp³-hybridized carbons (Fsp3) is 0.833. The number of esters is 2. The molecule has 6 heteroatoms. The van der Waals surface area contributed by atoms with Crippen LogP contribution >= 0.6 is 24.4 Å². The topological polar surface area (TPSA) is 52.6 Å². The number of rotatable bonds is 8. The van der Waals surface area contributed by atoms with Crippen LogP contribution in [0.2, 0.25) is 0 Å². The van der Waals surface area contributed by atoms with E-state index in [1.165, 1.54) is 13.8 Å². The van der Waals surface area contributed by atoms with Crippen molar-refractivity contribution in [2.45, 2.75) is 51.6 Å².